The zero-order chi connectivity index (χ0) is 21.4. The third kappa shape index (κ3) is 6.49. The van der Waals surface area contributed by atoms with Crippen LogP contribution in [0.15, 0.2) is 53.4 Å². The molecule has 1 unspecified atom stereocenters. The molecule has 0 aliphatic rings. The van der Waals surface area contributed by atoms with Crippen LogP contribution in [-0.2, 0) is 19.6 Å². The highest BCUT2D eigenvalue weighted by atomic mass is 32.2. The van der Waals surface area contributed by atoms with Gasteiger partial charge in [0.25, 0.3) is 15.9 Å². The SMILES string of the molecule is CCC(C)Nc1cc(C(=O)NCC(=O)OC)cc(S(=O)(=O)Nc2ccccc2)c1. The normalized spacial score (nSPS) is 12.0. The Morgan fingerprint density at radius 1 is 1.07 bits per heavy atom. The molecule has 0 spiro atoms. The van der Waals surface area contributed by atoms with E-state index in [1.165, 1.54) is 19.2 Å². The lowest BCUT2D eigenvalue weighted by Gasteiger charge is -2.16. The minimum Gasteiger partial charge on any atom is -0.468 e. The number of nitrogens with one attached hydrogen (secondary N) is 3. The average Bonchev–Trinajstić information content (AvgIpc) is 2.71. The predicted octanol–water partition coefficient (Wildman–Crippen LogP) is 2.60. The van der Waals surface area contributed by atoms with Crippen molar-refractivity contribution in [3.8, 4) is 0 Å². The summed E-state index contributed by atoms with van der Waals surface area (Å²) < 4.78 is 32.7. The lowest BCUT2D eigenvalue weighted by molar-refractivity contribution is -0.139. The highest BCUT2D eigenvalue weighted by molar-refractivity contribution is 7.92. The van der Waals surface area contributed by atoms with Crippen molar-refractivity contribution in [2.24, 2.45) is 0 Å². The molecule has 0 radical (unpaired) electrons. The number of para-hydroxylation sites is 1. The third-order valence-corrected chi connectivity index (χ3v) is 5.51. The number of carbonyl (C=O) groups excluding carboxylic acids is 2. The number of hydrogen-bond donors (Lipinski definition) is 3. The molecule has 1 atom stereocenters. The summed E-state index contributed by atoms with van der Waals surface area (Å²) >= 11 is 0. The third-order valence-electron chi connectivity index (χ3n) is 4.15. The molecule has 0 aliphatic carbocycles. The van der Waals surface area contributed by atoms with Gasteiger partial charge < -0.3 is 15.4 Å². The zero-order valence-corrected chi connectivity index (χ0v) is 17.4. The second-order valence-electron chi connectivity index (χ2n) is 6.43. The fourth-order valence-corrected chi connectivity index (χ4v) is 3.53. The predicted molar refractivity (Wildman–Crippen MR) is 111 cm³/mol. The quantitative estimate of drug-likeness (QED) is 0.539. The lowest BCUT2D eigenvalue weighted by Crippen LogP contribution is -2.30. The highest BCUT2D eigenvalue weighted by Crippen LogP contribution is 2.23. The van der Waals surface area contributed by atoms with Crippen LogP contribution in [0.1, 0.15) is 30.6 Å². The number of benzene rings is 2. The minimum absolute atomic E-state index is 0.0704. The van der Waals surface area contributed by atoms with Gasteiger partial charge in [0.1, 0.15) is 6.54 Å². The Balaban J connectivity index is 2.38. The summed E-state index contributed by atoms with van der Waals surface area (Å²) in [6.45, 7) is 3.61. The van der Waals surface area contributed by atoms with Gasteiger partial charge in [-0.2, -0.15) is 0 Å². The van der Waals surface area contributed by atoms with Crippen molar-refractivity contribution in [1.29, 1.82) is 0 Å². The van der Waals surface area contributed by atoms with Crippen LogP contribution >= 0.6 is 0 Å². The molecule has 29 heavy (non-hydrogen) atoms. The van der Waals surface area contributed by atoms with Crippen LogP contribution < -0.4 is 15.4 Å². The number of amides is 1. The van der Waals surface area contributed by atoms with Crippen molar-refractivity contribution in [3.63, 3.8) is 0 Å². The molecule has 3 N–H and O–H groups in total. The Hall–Kier alpha value is -3.07. The first-order chi connectivity index (χ1) is 13.7. The van der Waals surface area contributed by atoms with Crippen molar-refractivity contribution in [2.45, 2.75) is 31.2 Å². The van der Waals surface area contributed by atoms with Crippen molar-refractivity contribution >= 4 is 33.3 Å². The highest BCUT2D eigenvalue weighted by Gasteiger charge is 2.19. The minimum atomic E-state index is -3.93. The summed E-state index contributed by atoms with van der Waals surface area (Å²) in [7, 11) is -2.72. The van der Waals surface area contributed by atoms with Gasteiger partial charge in [0.2, 0.25) is 0 Å². The second kappa shape index (κ2) is 9.92. The molecule has 0 aliphatic heterocycles. The molecule has 0 bridgehead atoms. The standard InChI is InChI=1S/C20H25N3O5S/c1-4-14(2)22-17-10-15(20(25)21-13-19(24)28-3)11-18(12-17)29(26,27)23-16-8-6-5-7-9-16/h5-12,14,22-23H,4,13H2,1-3H3,(H,21,25). The Kier molecular flexibility index (Phi) is 7.60. The first-order valence-corrected chi connectivity index (χ1v) is 10.6. The topological polar surface area (TPSA) is 114 Å². The molecule has 156 valence electrons. The van der Waals surface area contributed by atoms with E-state index in [9.17, 15) is 18.0 Å². The van der Waals surface area contributed by atoms with Gasteiger partial charge in [0, 0.05) is 23.0 Å². The van der Waals surface area contributed by atoms with E-state index in [1.54, 1.807) is 36.4 Å². The van der Waals surface area contributed by atoms with E-state index in [4.69, 9.17) is 0 Å². The summed E-state index contributed by atoms with van der Waals surface area (Å²) in [5.74, 6) is -1.19. The molecule has 0 saturated heterocycles. The van der Waals surface area contributed by atoms with E-state index >= 15 is 0 Å². The maximum Gasteiger partial charge on any atom is 0.325 e. The van der Waals surface area contributed by atoms with Gasteiger partial charge in [0.05, 0.1) is 12.0 Å². The largest absolute Gasteiger partial charge is 0.468 e. The van der Waals surface area contributed by atoms with Crippen LogP contribution in [0.4, 0.5) is 11.4 Å². The summed E-state index contributed by atoms with van der Waals surface area (Å²) in [6.07, 6.45) is 0.809. The Morgan fingerprint density at radius 2 is 1.76 bits per heavy atom. The fraction of sp³-hybridized carbons (Fsp3) is 0.300. The molecule has 0 aromatic heterocycles. The molecular formula is C20H25N3O5S. The van der Waals surface area contributed by atoms with E-state index in [1.807, 2.05) is 13.8 Å². The van der Waals surface area contributed by atoms with Crippen LogP contribution in [0.25, 0.3) is 0 Å². The number of ether oxygens (including phenoxy) is 1. The van der Waals surface area contributed by atoms with E-state index in [-0.39, 0.29) is 23.0 Å². The molecule has 0 heterocycles. The van der Waals surface area contributed by atoms with Crippen LogP contribution in [0.3, 0.4) is 0 Å². The van der Waals surface area contributed by atoms with E-state index in [0.717, 1.165) is 6.42 Å². The average molecular weight is 420 g/mol. The number of rotatable bonds is 9. The number of methoxy groups -OCH3 is 1. The second-order valence-corrected chi connectivity index (χ2v) is 8.11. The zero-order valence-electron chi connectivity index (χ0n) is 16.6. The molecule has 2 rings (SSSR count). The lowest BCUT2D eigenvalue weighted by atomic mass is 10.1. The van der Waals surface area contributed by atoms with Crippen LogP contribution in [-0.4, -0.2) is 40.0 Å². The van der Waals surface area contributed by atoms with Gasteiger partial charge in [0.15, 0.2) is 0 Å². The number of carbonyl (C=O) groups is 2. The van der Waals surface area contributed by atoms with Crippen molar-refractivity contribution in [2.75, 3.05) is 23.7 Å². The number of hydrogen-bond acceptors (Lipinski definition) is 6. The molecule has 0 saturated carbocycles. The van der Waals surface area contributed by atoms with Crippen molar-refractivity contribution in [1.82, 2.24) is 5.32 Å². The first kappa shape index (κ1) is 22.2. The van der Waals surface area contributed by atoms with E-state index < -0.39 is 21.9 Å². The fourth-order valence-electron chi connectivity index (χ4n) is 2.40. The summed E-state index contributed by atoms with van der Waals surface area (Å²) in [6, 6.07) is 12.8. The smallest absolute Gasteiger partial charge is 0.325 e. The summed E-state index contributed by atoms with van der Waals surface area (Å²) in [4.78, 5) is 23.6. The van der Waals surface area contributed by atoms with Crippen molar-refractivity contribution < 1.29 is 22.7 Å². The number of anilines is 2. The van der Waals surface area contributed by atoms with Crippen LogP contribution in [0.5, 0.6) is 0 Å². The molecule has 0 fully saturated rings. The molecule has 2 aromatic rings. The summed E-state index contributed by atoms with van der Waals surface area (Å²) in [5.41, 5.74) is 0.999. The Labute approximate surface area is 170 Å². The van der Waals surface area contributed by atoms with Gasteiger partial charge in [-0.25, -0.2) is 8.42 Å². The monoisotopic (exact) mass is 419 g/mol. The number of sulfonamides is 1. The van der Waals surface area contributed by atoms with Gasteiger partial charge >= 0.3 is 5.97 Å². The molecule has 8 nitrogen and oxygen atoms in total. The molecular weight excluding hydrogens is 394 g/mol. The van der Waals surface area contributed by atoms with Gasteiger partial charge in [-0.3, -0.25) is 14.3 Å². The van der Waals surface area contributed by atoms with E-state index in [0.29, 0.717) is 11.4 Å². The number of esters is 1. The van der Waals surface area contributed by atoms with Crippen LogP contribution in [0.2, 0.25) is 0 Å². The maximum atomic E-state index is 12.9. The molecule has 1 amide bonds. The molecule has 2 aromatic carbocycles. The van der Waals surface area contributed by atoms with Gasteiger partial charge in [-0.15, -0.1) is 0 Å². The van der Waals surface area contributed by atoms with E-state index in [2.05, 4.69) is 20.1 Å². The van der Waals surface area contributed by atoms with Crippen molar-refractivity contribution in [3.05, 3.63) is 54.1 Å². The van der Waals surface area contributed by atoms with Crippen LogP contribution in [0, 0.1) is 0 Å². The summed E-state index contributed by atoms with van der Waals surface area (Å²) in [5, 5.41) is 5.59. The molecule has 9 heteroatoms. The maximum absolute atomic E-state index is 12.9. The Morgan fingerprint density at radius 3 is 2.38 bits per heavy atom. The van der Waals surface area contributed by atoms with Gasteiger partial charge in [-0.05, 0) is 43.7 Å². The van der Waals surface area contributed by atoms with Gasteiger partial charge in [-0.1, -0.05) is 25.1 Å². The Bertz CT molecular complexity index is 961. The first-order valence-electron chi connectivity index (χ1n) is 9.09.